The maximum Gasteiger partial charge on any atom is 0.0534 e. The van der Waals surface area contributed by atoms with E-state index >= 15 is 0 Å². The van der Waals surface area contributed by atoms with Crippen molar-refractivity contribution < 1.29 is 0 Å². The molecule has 1 N–H and O–H groups in total. The Morgan fingerprint density at radius 2 is 2.06 bits per heavy atom. The van der Waals surface area contributed by atoms with E-state index < -0.39 is 0 Å². The van der Waals surface area contributed by atoms with E-state index in [9.17, 15) is 0 Å². The summed E-state index contributed by atoms with van der Waals surface area (Å²) in [5, 5.41) is 7.83. The van der Waals surface area contributed by atoms with Gasteiger partial charge in [0.2, 0.25) is 0 Å². The lowest BCUT2D eigenvalue weighted by Crippen LogP contribution is -2.41. The Morgan fingerprint density at radius 3 is 2.56 bits per heavy atom. The fourth-order valence-corrected chi connectivity index (χ4v) is 2.07. The second-order valence-corrected chi connectivity index (χ2v) is 5.21. The predicted molar refractivity (Wildman–Crippen MR) is 76.5 cm³/mol. The molecule has 1 atom stereocenters. The molecule has 1 rings (SSSR count). The molecule has 0 saturated heterocycles. The van der Waals surface area contributed by atoms with Crippen molar-refractivity contribution >= 4 is 0 Å². The third-order valence-corrected chi connectivity index (χ3v) is 3.63. The summed E-state index contributed by atoms with van der Waals surface area (Å²) < 4.78 is 1.86. The summed E-state index contributed by atoms with van der Waals surface area (Å²) >= 11 is 0. The Kier molecular flexibility index (Phi) is 6.36. The van der Waals surface area contributed by atoms with Gasteiger partial charge in [0.15, 0.2) is 0 Å². The Bertz CT molecular complexity index is 330. The molecule has 0 aromatic carbocycles. The van der Waals surface area contributed by atoms with Gasteiger partial charge in [-0.2, -0.15) is 5.10 Å². The fourth-order valence-electron chi connectivity index (χ4n) is 2.07. The highest BCUT2D eigenvalue weighted by Gasteiger charge is 2.12. The number of likely N-dealkylation sites (N-methyl/N-ethyl adjacent to an activating group) is 1. The minimum Gasteiger partial charge on any atom is -0.312 e. The van der Waals surface area contributed by atoms with E-state index in [0.717, 1.165) is 13.1 Å². The second kappa shape index (κ2) is 7.54. The van der Waals surface area contributed by atoms with Crippen LogP contribution in [0, 0.1) is 0 Å². The molecule has 0 bridgehead atoms. The van der Waals surface area contributed by atoms with Crippen molar-refractivity contribution in [1.29, 1.82) is 0 Å². The molecule has 4 nitrogen and oxygen atoms in total. The number of aromatic nitrogens is 2. The molecule has 0 radical (unpaired) electrons. The summed E-state index contributed by atoms with van der Waals surface area (Å²) in [7, 11) is 4.13. The fraction of sp³-hybridized carbons (Fsp3) is 0.786. The van der Waals surface area contributed by atoms with Gasteiger partial charge in [0, 0.05) is 44.0 Å². The smallest absolute Gasteiger partial charge is 0.0534 e. The maximum absolute atomic E-state index is 4.20. The molecule has 1 heterocycles. The van der Waals surface area contributed by atoms with Crippen LogP contribution in [0.15, 0.2) is 12.4 Å². The monoisotopic (exact) mass is 252 g/mol. The molecule has 104 valence electrons. The lowest BCUT2D eigenvalue weighted by molar-refractivity contribution is 0.235. The van der Waals surface area contributed by atoms with Gasteiger partial charge in [-0.05, 0) is 26.8 Å². The first-order chi connectivity index (χ1) is 8.56. The molecule has 1 aromatic heterocycles. The molecular weight excluding hydrogens is 224 g/mol. The van der Waals surface area contributed by atoms with Crippen LogP contribution >= 0.6 is 0 Å². The van der Waals surface area contributed by atoms with Crippen molar-refractivity contribution in [2.75, 3.05) is 13.6 Å². The Labute approximate surface area is 111 Å². The Morgan fingerprint density at radius 1 is 1.39 bits per heavy atom. The van der Waals surface area contributed by atoms with Gasteiger partial charge < -0.3 is 5.32 Å². The Hall–Kier alpha value is -0.870. The average molecular weight is 252 g/mol. The van der Waals surface area contributed by atoms with Crippen LogP contribution in [-0.4, -0.2) is 40.4 Å². The largest absolute Gasteiger partial charge is 0.312 e. The standard InChI is InChI=1S/C14H28N4/c1-6-14(7-2)15-8-12(3)17(4)10-13-9-16-18(5)11-13/h9,11-12,14-15H,6-8,10H2,1-5H3. The minimum atomic E-state index is 0.533. The van der Waals surface area contributed by atoms with E-state index in [1.54, 1.807) is 0 Å². The van der Waals surface area contributed by atoms with Crippen molar-refractivity contribution in [2.45, 2.75) is 52.2 Å². The van der Waals surface area contributed by atoms with Gasteiger partial charge in [-0.3, -0.25) is 9.58 Å². The summed E-state index contributed by atoms with van der Waals surface area (Å²) in [6.45, 7) is 8.75. The summed E-state index contributed by atoms with van der Waals surface area (Å²) in [5.41, 5.74) is 1.27. The van der Waals surface area contributed by atoms with Gasteiger partial charge in [0.05, 0.1) is 6.20 Å². The normalized spacial score (nSPS) is 13.5. The van der Waals surface area contributed by atoms with E-state index in [2.05, 4.69) is 49.3 Å². The van der Waals surface area contributed by atoms with Crippen molar-refractivity contribution in [1.82, 2.24) is 20.0 Å². The zero-order valence-electron chi connectivity index (χ0n) is 12.5. The summed E-state index contributed by atoms with van der Waals surface area (Å²) in [6.07, 6.45) is 6.43. The highest BCUT2D eigenvalue weighted by molar-refractivity contribution is 5.03. The number of rotatable bonds is 8. The molecule has 1 unspecified atom stereocenters. The van der Waals surface area contributed by atoms with Crippen molar-refractivity contribution in [3.05, 3.63) is 18.0 Å². The minimum absolute atomic E-state index is 0.533. The van der Waals surface area contributed by atoms with Crippen LogP contribution in [-0.2, 0) is 13.6 Å². The Balaban J connectivity index is 2.34. The molecule has 0 saturated carbocycles. The first kappa shape index (κ1) is 15.2. The predicted octanol–water partition coefficient (Wildman–Crippen LogP) is 2.02. The average Bonchev–Trinajstić information content (AvgIpc) is 2.75. The molecule has 4 heteroatoms. The topological polar surface area (TPSA) is 33.1 Å². The zero-order valence-corrected chi connectivity index (χ0v) is 12.5. The summed E-state index contributed by atoms with van der Waals surface area (Å²) in [6, 6.07) is 1.19. The van der Waals surface area contributed by atoms with Crippen molar-refractivity contribution in [2.24, 2.45) is 7.05 Å². The quantitative estimate of drug-likeness (QED) is 0.768. The molecule has 1 aromatic rings. The van der Waals surface area contributed by atoms with Gasteiger partial charge in [-0.1, -0.05) is 13.8 Å². The van der Waals surface area contributed by atoms with Crippen LogP contribution in [0.1, 0.15) is 39.2 Å². The first-order valence-corrected chi connectivity index (χ1v) is 6.97. The highest BCUT2D eigenvalue weighted by atomic mass is 15.2. The van der Waals surface area contributed by atoms with Crippen LogP contribution in [0.5, 0.6) is 0 Å². The summed E-state index contributed by atoms with van der Waals surface area (Å²) in [4.78, 5) is 2.37. The van der Waals surface area contributed by atoms with Crippen LogP contribution in [0.25, 0.3) is 0 Å². The first-order valence-electron chi connectivity index (χ1n) is 6.97. The lowest BCUT2D eigenvalue weighted by atomic mass is 10.1. The van der Waals surface area contributed by atoms with E-state index in [1.165, 1.54) is 18.4 Å². The molecule has 0 amide bonds. The van der Waals surface area contributed by atoms with Crippen molar-refractivity contribution in [3.8, 4) is 0 Å². The van der Waals surface area contributed by atoms with Gasteiger partial charge in [0.25, 0.3) is 0 Å². The molecule has 0 aliphatic heterocycles. The lowest BCUT2D eigenvalue weighted by Gasteiger charge is -2.26. The van der Waals surface area contributed by atoms with E-state index in [-0.39, 0.29) is 0 Å². The molecule has 18 heavy (non-hydrogen) atoms. The number of nitrogens with one attached hydrogen (secondary N) is 1. The van der Waals surface area contributed by atoms with E-state index in [4.69, 9.17) is 0 Å². The van der Waals surface area contributed by atoms with Crippen LogP contribution in [0.3, 0.4) is 0 Å². The van der Waals surface area contributed by atoms with E-state index in [0.29, 0.717) is 12.1 Å². The third kappa shape index (κ3) is 4.78. The highest BCUT2D eigenvalue weighted by Crippen LogP contribution is 2.05. The summed E-state index contributed by atoms with van der Waals surface area (Å²) in [5.74, 6) is 0. The molecule has 0 aliphatic rings. The number of hydrogen-bond donors (Lipinski definition) is 1. The second-order valence-electron chi connectivity index (χ2n) is 5.21. The SMILES string of the molecule is CCC(CC)NCC(C)N(C)Cc1cnn(C)c1. The third-order valence-electron chi connectivity index (χ3n) is 3.63. The molecule has 0 spiro atoms. The zero-order chi connectivity index (χ0) is 13.5. The molecule has 0 aliphatic carbocycles. The van der Waals surface area contributed by atoms with Gasteiger partial charge in [-0.15, -0.1) is 0 Å². The maximum atomic E-state index is 4.20. The number of hydrogen-bond acceptors (Lipinski definition) is 3. The van der Waals surface area contributed by atoms with Gasteiger partial charge in [0.1, 0.15) is 0 Å². The molecular formula is C14H28N4. The van der Waals surface area contributed by atoms with Gasteiger partial charge >= 0.3 is 0 Å². The van der Waals surface area contributed by atoms with Crippen LogP contribution in [0.2, 0.25) is 0 Å². The van der Waals surface area contributed by atoms with Crippen molar-refractivity contribution in [3.63, 3.8) is 0 Å². The van der Waals surface area contributed by atoms with E-state index in [1.807, 2.05) is 17.9 Å². The van der Waals surface area contributed by atoms with Gasteiger partial charge in [-0.25, -0.2) is 0 Å². The van der Waals surface area contributed by atoms with Crippen LogP contribution < -0.4 is 5.32 Å². The number of nitrogens with zero attached hydrogens (tertiary/aromatic N) is 3. The number of aryl methyl sites for hydroxylation is 1. The molecule has 0 fully saturated rings. The van der Waals surface area contributed by atoms with Crippen LogP contribution in [0.4, 0.5) is 0 Å².